The average molecular weight is 440 g/mol. The minimum Gasteiger partial charge on any atom is -0.493 e. The molecule has 0 fully saturated rings. The van der Waals surface area contributed by atoms with Crippen molar-refractivity contribution in [1.29, 1.82) is 0 Å². The van der Waals surface area contributed by atoms with Gasteiger partial charge in [0.25, 0.3) is 0 Å². The molecule has 4 aromatic carbocycles. The number of aldehydes is 1. The van der Waals surface area contributed by atoms with Crippen LogP contribution in [0.4, 0.5) is 17.1 Å². The highest BCUT2D eigenvalue weighted by molar-refractivity contribution is 5.78. The number of anilines is 3. The maximum absolute atomic E-state index is 11.2. The van der Waals surface area contributed by atoms with Gasteiger partial charge in [0.2, 0.25) is 5.75 Å². The van der Waals surface area contributed by atoms with Crippen molar-refractivity contribution in [3.8, 4) is 23.0 Å². The van der Waals surface area contributed by atoms with Gasteiger partial charge in [0, 0.05) is 5.56 Å². The van der Waals surface area contributed by atoms with E-state index in [1.807, 2.05) is 89.9 Å². The molecule has 0 aromatic heterocycles. The Bertz CT molecular complexity index is 1130. The largest absolute Gasteiger partial charge is 0.493 e. The van der Waals surface area contributed by atoms with Crippen molar-refractivity contribution in [3.63, 3.8) is 0 Å². The van der Waals surface area contributed by atoms with Gasteiger partial charge in [-0.05, 0) is 60.7 Å². The molecule has 0 atom stereocenters. The molecule has 6 heteroatoms. The Labute approximate surface area is 192 Å². The zero-order chi connectivity index (χ0) is 23.0. The van der Waals surface area contributed by atoms with Gasteiger partial charge in [-0.15, -0.1) is 0 Å². The van der Waals surface area contributed by atoms with Gasteiger partial charge < -0.3 is 14.2 Å². The van der Waals surface area contributed by atoms with Crippen LogP contribution in [0.15, 0.2) is 97.1 Å². The predicted octanol–water partition coefficient (Wildman–Crippen LogP) is 6.47. The van der Waals surface area contributed by atoms with Crippen LogP contribution in [0, 0.1) is 0 Å². The Morgan fingerprint density at radius 3 is 1.70 bits per heavy atom. The van der Waals surface area contributed by atoms with Crippen LogP contribution in [-0.2, 0) is 0 Å². The van der Waals surface area contributed by atoms with Crippen molar-refractivity contribution in [2.75, 3.05) is 24.7 Å². The second-order valence-corrected chi connectivity index (χ2v) is 7.12. The fraction of sp³-hybridized carbons (Fsp3) is 0.0741. The van der Waals surface area contributed by atoms with E-state index in [9.17, 15) is 4.79 Å². The van der Waals surface area contributed by atoms with Gasteiger partial charge >= 0.3 is 0 Å². The highest BCUT2D eigenvalue weighted by Gasteiger charge is 2.15. The molecule has 0 aliphatic carbocycles. The molecule has 1 N–H and O–H groups in total. The van der Waals surface area contributed by atoms with E-state index in [0.29, 0.717) is 28.6 Å². The molecule has 0 unspecified atom stereocenters. The number of hydrogen-bond acceptors (Lipinski definition) is 6. The van der Waals surface area contributed by atoms with Crippen LogP contribution < -0.4 is 24.6 Å². The minimum absolute atomic E-state index is 0.404. The topological polar surface area (TPSA) is 60.0 Å². The molecule has 0 saturated heterocycles. The molecule has 4 aromatic rings. The number of para-hydroxylation sites is 2. The zero-order valence-electron chi connectivity index (χ0n) is 18.4. The van der Waals surface area contributed by atoms with Crippen LogP contribution in [0.25, 0.3) is 0 Å². The van der Waals surface area contributed by atoms with Crippen LogP contribution in [0.5, 0.6) is 23.0 Å². The van der Waals surface area contributed by atoms with Crippen LogP contribution in [0.2, 0.25) is 0 Å². The first kappa shape index (κ1) is 21.8. The molecule has 166 valence electrons. The summed E-state index contributed by atoms with van der Waals surface area (Å²) in [5.74, 6) is 1.83. The molecular weight excluding hydrogens is 416 g/mol. The molecule has 4 rings (SSSR count). The normalized spacial score (nSPS) is 10.2. The molecule has 6 nitrogen and oxygen atoms in total. The lowest BCUT2D eigenvalue weighted by Gasteiger charge is -2.26. The van der Waals surface area contributed by atoms with Gasteiger partial charge in [-0.25, -0.2) is 0 Å². The Hall–Kier alpha value is -4.45. The summed E-state index contributed by atoms with van der Waals surface area (Å²) in [5.41, 5.74) is 6.79. The molecule has 0 saturated carbocycles. The summed E-state index contributed by atoms with van der Waals surface area (Å²) in [5, 5.41) is 2.01. The van der Waals surface area contributed by atoms with Crippen molar-refractivity contribution in [1.82, 2.24) is 0 Å². The van der Waals surface area contributed by atoms with Gasteiger partial charge in [-0.3, -0.25) is 15.2 Å². The first-order chi connectivity index (χ1) is 16.2. The van der Waals surface area contributed by atoms with E-state index in [2.05, 4.69) is 5.43 Å². The summed E-state index contributed by atoms with van der Waals surface area (Å²) in [7, 11) is 3.04. The Balaban J connectivity index is 1.58. The predicted molar refractivity (Wildman–Crippen MR) is 130 cm³/mol. The number of rotatable bonds is 9. The number of benzene rings is 4. The Morgan fingerprint density at radius 2 is 1.24 bits per heavy atom. The number of carbonyl (C=O) groups excluding carboxylic acids is 1. The van der Waals surface area contributed by atoms with Crippen LogP contribution in [-0.4, -0.2) is 20.5 Å². The molecule has 0 radical (unpaired) electrons. The Kier molecular flexibility index (Phi) is 6.75. The van der Waals surface area contributed by atoms with Crippen molar-refractivity contribution in [3.05, 3.63) is 103 Å². The molecule has 0 amide bonds. The number of ether oxygens (including phenoxy) is 3. The van der Waals surface area contributed by atoms with Gasteiger partial charge in [-0.1, -0.05) is 36.4 Å². The van der Waals surface area contributed by atoms with Crippen molar-refractivity contribution < 1.29 is 19.0 Å². The Morgan fingerprint density at radius 1 is 0.727 bits per heavy atom. The first-order valence-electron chi connectivity index (χ1n) is 10.4. The van der Waals surface area contributed by atoms with Crippen LogP contribution >= 0.6 is 0 Å². The highest BCUT2D eigenvalue weighted by atomic mass is 16.5. The van der Waals surface area contributed by atoms with Gasteiger partial charge in [0.15, 0.2) is 11.5 Å². The zero-order valence-corrected chi connectivity index (χ0v) is 18.4. The number of carbonyl (C=O) groups is 1. The monoisotopic (exact) mass is 440 g/mol. The van der Waals surface area contributed by atoms with Crippen molar-refractivity contribution in [2.45, 2.75) is 0 Å². The third-order valence-corrected chi connectivity index (χ3v) is 4.96. The van der Waals surface area contributed by atoms with E-state index in [4.69, 9.17) is 14.2 Å². The van der Waals surface area contributed by atoms with E-state index in [1.54, 1.807) is 12.1 Å². The van der Waals surface area contributed by atoms with E-state index >= 15 is 0 Å². The van der Waals surface area contributed by atoms with Crippen LogP contribution in [0.3, 0.4) is 0 Å². The van der Waals surface area contributed by atoms with Gasteiger partial charge in [0.1, 0.15) is 12.0 Å². The third-order valence-electron chi connectivity index (χ3n) is 4.96. The second kappa shape index (κ2) is 10.2. The molecule has 0 heterocycles. The van der Waals surface area contributed by atoms with E-state index < -0.39 is 0 Å². The average Bonchev–Trinajstić information content (AvgIpc) is 2.89. The fourth-order valence-electron chi connectivity index (χ4n) is 3.35. The quantitative estimate of drug-likeness (QED) is 0.238. The minimum atomic E-state index is 0.404. The van der Waals surface area contributed by atoms with Gasteiger partial charge in [0.05, 0.1) is 31.3 Å². The lowest BCUT2D eigenvalue weighted by atomic mass is 10.2. The molecule has 0 bridgehead atoms. The summed E-state index contributed by atoms with van der Waals surface area (Å²) in [6.07, 6.45) is 0.737. The number of nitrogens with zero attached hydrogens (tertiary/aromatic N) is 1. The van der Waals surface area contributed by atoms with E-state index in [0.717, 1.165) is 23.3 Å². The SMILES string of the molecule is COc1cc(C=O)cc(OC)c1Oc1ccc(NN(c2ccccc2)c2ccccc2)cc1. The summed E-state index contributed by atoms with van der Waals surface area (Å²) >= 11 is 0. The third kappa shape index (κ3) is 5.07. The summed E-state index contributed by atoms with van der Waals surface area (Å²) < 4.78 is 16.8. The lowest BCUT2D eigenvalue weighted by molar-refractivity contribution is 0.112. The first-order valence-corrected chi connectivity index (χ1v) is 10.4. The molecule has 33 heavy (non-hydrogen) atoms. The second-order valence-electron chi connectivity index (χ2n) is 7.12. The maximum Gasteiger partial charge on any atom is 0.211 e. The molecule has 0 aliphatic rings. The number of nitrogens with one attached hydrogen (secondary N) is 1. The van der Waals surface area contributed by atoms with E-state index in [1.165, 1.54) is 14.2 Å². The lowest BCUT2D eigenvalue weighted by Crippen LogP contribution is -2.24. The van der Waals surface area contributed by atoms with E-state index in [-0.39, 0.29) is 0 Å². The highest BCUT2D eigenvalue weighted by Crippen LogP contribution is 2.41. The number of hydrazine groups is 1. The summed E-state index contributed by atoms with van der Waals surface area (Å²) in [6, 6.07) is 30.9. The maximum atomic E-state index is 11.2. The van der Waals surface area contributed by atoms with Crippen molar-refractivity contribution in [2.24, 2.45) is 0 Å². The molecule has 0 aliphatic heterocycles. The fourth-order valence-corrected chi connectivity index (χ4v) is 3.35. The molecule has 0 spiro atoms. The summed E-state index contributed by atoms with van der Waals surface area (Å²) in [6.45, 7) is 0. The number of hydrogen-bond donors (Lipinski definition) is 1. The standard InChI is InChI=1S/C27H24N2O4/c1-31-25-17-20(19-30)18-26(32-2)27(25)33-24-15-13-21(14-16-24)28-29(22-9-5-3-6-10-22)23-11-7-4-8-12-23/h3-19,28H,1-2H3. The number of methoxy groups -OCH3 is 2. The van der Waals surface area contributed by atoms with Gasteiger partial charge in [-0.2, -0.15) is 0 Å². The summed E-state index contributed by atoms with van der Waals surface area (Å²) in [4.78, 5) is 11.2. The smallest absolute Gasteiger partial charge is 0.211 e. The van der Waals surface area contributed by atoms with Crippen LogP contribution in [0.1, 0.15) is 10.4 Å². The molecular formula is C27H24N2O4. The van der Waals surface area contributed by atoms with Crippen molar-refractivity contribution >= 4 is 23.3 Å².